The van der Waals surface area contributed by atoms with Gasteiger partial charge in [-0.2, -0.15) is 0 Å². The van der Waals surface area contributed by atoms with Gasteiger partial charge in [0.1, 0.15) is 0 Å². The van der Waals surface area contributed by atoms with Gasteiger partial charge in [0.05, 0.1) is 16.6 Å². The summed E-state index contributed by atoms with van der Waals surface area (Å²) in [5.74, 6) is 0. The van der Waals surface area contributed by atoms with Gasteiger partial charge in [0.25, 0.3) is 0 Å². The first-order valence-corrected chi connectivity index (χ1v) is 17.5. The average molecular weight is 657 g/mol. The second kappa shape index (κ2) is 12.3. The number of fused-ring (bicyclic) bond motifs is 7. The molecule has 236 valence electrons. The maximum Gasteiger partial charge on any atom is 0.0707 e. The van der Waals surface area contributed by atoms with Crippen molar-refractivity contribution >= 4 is 66.1 Å². The molecule has 9 rings (SSSR count). The Bertz CT molecular complexity index is 2760. The third-order valence-corrected chi connectivity index (χ3v) is 10.6. The summed E-state index contributed by atoms with van der Waals surface area (Å²) in [5, 5.41) is 5.83. The monoisotopic (exact) mass is 656 g/mol. The number of hydrogen-bond acceptors (Lipinski definition) is 2. The minimum Gasteiger partial charge on any atom is -0.322 e. The van der Waals surface area contributed by atoms with E-state index in [0.29, 0.717) is 0 Å². The maximum atomic E-state index is 4.48. The lowest BCUT2D eigenvalue weighted by Crippen LogP contribution is -2.32. The molecule has 2 aliphatic rings. The van der Waals surface area contributed by atoms with E-state index in [1.54, 1.807) is 0 Å². The van der Waals surface area contributed by atoms with Crippen LogP contribution in [0.4, 0.5) is 5.69 Å². The van der Waals surface area contributed by atoms with E-state index in [1.165, 1.54) is 36.8 Å². The van der Waals surface area contributed by atoms with Crippen LogP contribution in [0.5, 0.6) is 0 Å². The summed E-state index contributed by atoms with van der Waals surface area (Å²) < 4.78 is 4.94. The third kappa shape index (κ3) is 5.14. The Hall–Kier alpha value is -6.38. The zero-order valence-electron chi connectivity index (χ0n) is 27.4. The molecule has 0 amide bonds. The molecule has 3 heteroatoms. The van der Waals surface area contributed by atoms with Crippen molar-refractivity contribution in [2.45, 2.75) is 0 Å². The molecule has 0 N–H and O–H groups in total. The molecule has 0 spiro atoms. The summed E-state index contributed by atoms with van der Waals surface area (Å²) in [6.07, 6.45) is 19.0. The number of anilines is 1. The summed E-state index contributed by atoms with van der Waals surface area (Å²) in [6.45, 7) is 8.85. The van der Waals surface area contributed by atoms with Gasteiger partial charge in [-0.25, -0.2) is 0 Å². The van der Waals surface area contributed by atoms with Crippen molar-refractivity contribution in [2.24, 2.45) is 0 Å². The summed E-state index contributed by atoms with van der Waals surface area (Å²) in [6, 6.07) is 41.3. The van der Waals surface area contributed by atoms with Crippen LogP contribution in [0.15, 0.2) is 188 Å². The SMILES string of the molecule is C=C1/C=C\C=C/N(c2cc(-c3ccccc3)cc(-c3ccccc3)c2)/C=c2\c(c3ccc4sc5ccccc5c4c3n2C2=CC=C=C2)=C/C1=C. The molecule has 0 fully saturated rings. The first-order valence-electron chi connectivity index (χ1n) is 16.7. The predicted octanol–water partition coefficient (Wildman–Crippen LogP) is 11.1. The Morgan fingerprint density at radius 2 is 1.36 bits per heavy atom. The van der Waals surface area contributed by atoms with E-state index in [1.807, 2.05) is 29.6 Å². The van der Waals surface area contributed by atoms with Crippen LogP contribution < -0.4 is 15.5 Å². The number of thiophene rings is 1. The lowest BCUT2D eigenvalue weighted by molar-refractivity contribution is 1.11. The maximum absolute atomic E-state index is 4.48. The van der Waals surface area contributed by atoms with Crippen molar-refractivity contribution in [1.29, 1.82) is 0 Å². The van der Waals surface area contributed by atoms with Gasteiger partial charge in [0, 0.05) is 54.9 Å². The Balaban J connectivity index is 1.41. The van der Waals surface area contributed by atoms with E-state index in [9.17, 15) is 0 Å². The molecule has 0 atom stereocenters. The van der Waals surface area contributed by atoms with Crippen molar-refractivity contribution in [3.63, 3.8) is 0 Å². The van der Waals surface area contributed by atoms with Crippen LogP contribution in [0.1, 0.15) is 0 Å². The Morgan fingerprint density at radius 1 is 0.640 bits per heavy atom. The van der Waals surface area contributed by atoms with Crippen molar-refractivity contribution in [3.8, 4) is 22.3 Å². The van der Waals surface area contributed by atoms with Gasteiger partial charge in [-0.3, -0.25) is 0 Å². The van der Waals surface area contributed by atoms with Gasteiger partial charge >= 0.3 is 0 Å². The highest BCUT2D eigenvalue weighted by molar-refractivity contribution is 7.26. The predicted molar refractivity (Wildman–Crippen MR) is 216 cm³/mol. The molecular formula is C47H32N2S. The molecule has 0 saturated carbocycles. The molecule has 7 aromatic rings. The van der Waals surface area contributed by atoms with Gasteiger partial charge < -0.3 is 9.47 Å². The molecule has 0 bridgehead atoms. The van der Waals surface area contributed by atoms with E-state index in [0.717, 1.165) is 49.6 Å². The number of aromatic nitrogens is 1. The average Bonchev–Trinajstić information content (AvgIpc) is 3.89. The van der Waals surface area contributed by atoms with Crippen molar-refractivity contribution in [1.82, 2.24) is 4.57 Å². The summed E-state index contributed by atoms with van der Waals surface area (Å²) in [5.41, 5.74) is 13.0. The Kier molecular flexibility index (Phi) is 7.29. The number of benzene rings is 5. The molecule has 0 radical (unpaired) electrons. The van der Waals surface area contributed by atoms with Crippen molar-refractivity contribution in [2.75, 3.05) is 4.90 Å². The fraction of sp³-hybridized carbons (Fsp3) is 0. The molecule has 2 aromatic heterocycles. The highest BCUT2D eigenvalue weighted by Crippen LogP contribution is 2.39. The van der Waals surface area contributed by atoms with Crippen molar-refractivity contribution < 1.29 is 0 Å². The van der Waals surface area contributed by atoms with Crippen LogP contribution >= 0.6 is 11.3 Å². The van der Waals surface area contributed by atoms with E-state index in [2.05, 4.69) is 180 Å². The Morgan fingerprint density at radius 3 is 2.08 bits per heavy atom. The van der Waals surface area contributed by atoms with Crippen molar-refractivity contribution in [3.05, 3.63) is 199 Å². The zero-order valence-corrected chi connectivity index (χ0v) is 28.2. The highest BCUT2D eigenvalue weighted by atomic mass is 32.1. The molecule has 1 aliphatic heterocycles. The molecule has 1 aliphatic carbocycles. The minimum atomic E-state index is 0.871. The van der Waals surface area contributed by atoms with E-state index in [-0.39, 0.29) is 0 Å². The first kappa shape index (κ1) is 29.7. The first-order chi connectivity index (χ1) is 24.6. The molecule has 3 heterocycles. The molecule has 5 aromatic carbocycles. The van der Waals surface area contributed by atoms with Gasteiger partial charge in [0.2, 0.25) is 0 Å². The van der Waals surface area contributed by atoms with Crippen LogP contribution in [-0.4, -0.2) is 4.57 Å². The second-order valence-electron chi connectivity index (χ2n) is 12.6. The molecule has 2 nitrogen and oxygen atoms in total. The number of rotatable bonds is 4. The van der Waals surface area contributed by atoms with Crippen LogP contribution in [0, 0.1) is 0 Å². The lowest BCUT2D eigenvalue weighted by Gasteiger charge is -2.19. The second-order valence-corrected chi connectivity index (χ2v) is 13.7. The largest absolute Gasteiger partial charge is 0.322 e. The highest BCUT2D eigenvalue weighted by Gasteiger charge is 2.19. The zero-order chi connectivity index (χ0) is 33.6. The molecular weight excluding hydrogens is 625 g/mol. The van der Waals surface area contributed by atoms with E-state index < -0.39 is 0 Å². The van der Waals surface area contributed by atoms with Gasteiger partial charge in [-0.1, -0.05) is 110 Å². The number of allylic oxidation sites excluding steroid dienone is 8. The van der Waals surface area contributed by atoms with Gasteiger partial charge in [-0.15, -0.1) is 17.1 Å². The summed E-state index contributed by atoms with van der Waals surface area (Å²) >= 11 is 1.84. The van der Waals surface area contributed by atoms with Crippen LogP contribution in [0.2, 0.25) is 0 Å². The normalized spacial score (nSPS) is 16.9. The molecule has 0 unspecified atom stereocenters. The van der Waals surface area contributed by atoms with Gasteiger partial charge in [0.15, 0.2) is 0 Å². The third-order valence-electron chi connectivity index (χ3n) is 9.46. The van der Waals surface area contributed by atoms with Crippen LogP contribution in [-0.2, 0) is 0 Å². The molecule has 50 heavy (non-hydrogen) atoms. The topological polar surface area (TPSA) is 8.17 Å². The number of nitrogens with zero attached hydrogens (tertiary/aromatic N) is 2. The van der Waals surface area contributed by atoms with Gasteiger partial charge in [-0.05, 0) is 88.0 Å². The fourth-order valence-electron chi connectivity index (χ4n) is 7.01. The van der Waals surface area contributed by atoms with E-state index >= 15 is 0 Å². The number of hydrogen-bond donors (Lipinski definition) is 0. The molecule has 0 saturated heterocycles. The fourth-order valence-corrected chi connectivity index (χ4v) is 8.12. The standard InChI is InChI=1S/C47H32N2S/c1-32-15-13-14-26-48(39-29-36(34-16-5-3-6-17-34)28-37(30-39)35-18-7-4-8-19-35)31-43-42(27-33(32)2)40-24-25-45-46(41-22-11-12-23-44(41)50-45)47(40)49(43)38-20-9-10-21-38/h3-9,11-31H,1-2H2/b15-13-,26-14-,42-27-,43-31+. The van der Waals surface area contributed by atoms with Crippen LogP contribution in [0.3, 0.4) is 0 Å². The Labute approximate surface area is 295 Å². The lowest BCUT2D eigenvalue weighted by atomic mass is 9.98. The summed E-state index contributed by atoms with van der Waals surface area (Å²) in [4.78, 5) is 2.25. The summed E-state index contributed by atoms with van der Waals surface area (Å²) in [7, 11) is 0. The van der Waals surface area contributed by atoms with E-state index in [4.69, 9.17) is 0 Å². The van der Waals surface area contributed by atoms with Crippen LogP contribution in [0.25, 0.3) is 71.3 Å². The minimum absolute atomic E-state index is 0.871. The smallest absolute Gasteiger partial charge is 0.0707 e. The quantitative estimate of drug-likeness (QED) is 0.171.